The number of rotatable bonds is 7. The average molecular weight is 454 g/mol. The molecule has 1 fully saturated rings. The summed E-state index contributed by atoms with van der Waals surface area (Å²) < 4.78 is 43.5. The van der Waals surface area contributed by atoms with E-state index in [-0.39, 0.29) is 49.9 Å². The monoisotopic (exact) mass is 454 g/mol. The van der Waals surface area contributed by atoms with Gasteiger partial charge in [0.15, 0.2) is 5.67 Å². The molecule has 3 aromatic heterocycles. The molecule has 0 unspecified atom stereocenters. The van der Waals surface area contributed by atoms with Gasteiger partial charge in [0, 0.05) is 29.7 Å². The first-order chi connectivity index (χ1) is 16.0. The third kappa shape index (κ3) is 4.46. The van der Waals surface area contributed by atoms with Crippen molar-refractivity contribution in [1.82, 2.24) is 29.9 Å². The highest BCUT2D eigenvalue weighted by atomic mass is 19.1. The molecule has 0 spiro atoms. The van der Waals surface area contributed by atoms with Crippen molar-refractivity contribution in [3.63, 3.8) is 0 Å². The van der Waals surface area contributed by atoms with Gasteiger partial charge in [-0.15, -0.1) is 0 Å². The fourth-order valence-electron chi connectivity index (χ4n) is 3.08. The number of hydrogen-bond acceptors (Lipinski definition) is 9. The molecule has 5 rings (SSSR count). The van der Waals surface area contributed by atoms with E-state index < -0.39 is 11.2 Å². The zero-order valence-electron chi connectivity index (χ0n) is 17.0. The maximum Gasteiger partial charge on any atom is 0.316 e. The van der Waals surface area contributed by atoms with E-state index in [1.165, 1.54) is 48.9 Å². The SMILES string of the molecule is O=c1c(-c2cnc(OCC3(F)COC3)nc2)ccnn1Cc1nc(-c2ccc(F)cc2)no1. The first kappa shape index (κ1) is 20.8. The molecule has 168 valence electrons. The predicted octanol–water partition coefficient (Wildman–Crippen LogP) is 2.05. The molecule has 0 atom stereocenters. The molecule has 33 heavy (non-hydrogen) atoms. The molecule has 0 amide bonds. The standard InChI is InChI=1S/C21H16F2N6O4/c22-15-3-1-13(2-4-15)18-27-17(33-28-18)9-29-19(30)16(5-6-26-29)14-7-24-20(25-8-14)32-12-21(23)10-31-11-21/h1-8H,9-12H2. The van der Waals surface area contributed by atoms with Crippen molar-refractivity contribution in [2.75, 3.05) is 19.8 Å². The van der Waals surface area contributed by atoms with Crippen molar-refractivity contribution in [3.05, 3.63) is 71.0 Å². The van der Waals surface area contributed by atoms with Crippen LogP contribution < -0.4 is 10.3 Å². The first-order valence-corrected chi connectivity index (χ1v) is 9.86. The molecule has 10 nitrogen and oxygen atoms in total. The number of benzene rings is 1. The number of aromatic nitrogens is 6. The molecule has 12 heteroatoms. The summed E-state index contributed by atoms with van der Waals surface area (Å²) in [6, 6.07) is 7.15. The Hall–Kier alpha value is -4.06. The maximum atomic E-state index is 13.9. The van der Waals surface area contributed by atoms with Gasteiger partial charge >= 0.3 is 6.01 Å². The Morgan fingerprint density at radius 1 is 1.09 bits per heavy atom. The van der Waals surface area contributed by atoms with Crippen LogP contribution in [0.5, 0.6) is 6.01 Å². The summed E-state index contributed by atoms with van der Waals surface area (Å²) in [4.78, 5) is 25.2. The minimum atomic E-state index is -1.52. The van der Waals surface area contributed by atoms with Crippen molar-refractivity contribution in [2.45, 2.75) is 12.2 Å². The van der Waals surface area contributed by atoms with Gasteiger partial charge in [-0.05, 0) is 30.3 Å². The minimum Gasteiger partial charge on any atom is -0.460 e. The second-order valence-electron chi connectivity index (χ2n) is 7.41. The highest BCUT2D eigenvalue weighted by molar-refractivity contribution is 5.59. The van der Waals surface area contributed by atoms with E-state index in [1.807, 2.05) is 0 Å². The van der Waals surface area contributed by atoms with Crippen LogP contribution in [0.25, 0.3) is 22.5 Å². The van der Waals surface area contributed by atoms with E-state index >= 15 is 0 Å². The second-order valence-corrected chi connectivity index (χ2v) is 7.41. The molecular weight excluding hydrogens is 438 g/mol. The Morgan fingerprint density at radius 3 is 2.55 bits per heavy atom. The number of hydrogen-bond donors (Lipinski definition) is 0. The highest BCUT2D eigenvalue weighted by Crippen LogP contribution is 2.23. The third-order valence-electron chi connectivity index (χ3n) is 4.89. The summed E-state index contributed by atoms with van der Waals surface area (Å²) in [5, 5.41) is 7.91. The summed E-state index contributed by atoms with van der Waals surface area (Å²) in [6.07, 6.45) is 4.26. The summed E-state index contributed by atoms with van der Waals surface area (Å²) >= 11 is 0. The number of alkyl halides is 1. The lowest BCUT2D eigenvalue weighted by molar-refractivity contribution is -0.147. The summed E-state index contributed by atoms with van der Waals surface area (Å²) in [6.45, 7) is -0.317. The number of nitrogens with zero attached hydrogens (tertiary/aromatic N) is 6. The van der Waals surface area contributed by atoms with E-state index in [1.54, 1.807) is 0 Å². The quantitative estimate of drug-likeness (QED) is 0.413. The van der Waals surface area contributed by atoms with Gasteiger partial charge in [-0.3, -0.25) is 4.79 Å². The third-order valence-corrected chi connectivity index (χ3v) is 4.89. The van der Waals surface area contributed by atoms with E-state index in [2.05, 4.69) is 25.2 Å². The molecule has 1 aromatic carbocycles. The van der Waals surface area contributed by atoms with Gasteiger partial charge in [-0.1, -0.05) is 5.16 Å². The molecule has 1 aliphatic heterocycles. The predicted molar refractivity (Wildman–Crippen MR) is 108 cm³/mol. The first-order valence-electron chi connectivity index (χ1n) is 9.86. The van der Waals surface area contributed by atoms with Crippen LogP contribution in [-0.2, 0) is 11.3 Å². The molecule has 1 aliphatic rings. The minimum absolute atomic E-state index is 0.00348. The van der Waals surface area contributed by atoms with Crippen molar-refractivity contribution < 1.29 is 22.8 Å². The topological polar surface area (TPSA) is 118 Å². The zero-order chi connectivity index (χ0) is 22.8. The Bertz CT molecular complexity index is 1320. The molecule has 0 saturated carbocycles. The van der Waals surface area contributed by atoms with Crippen molar-refractivity contribution in [2.24, 2.45) is 0 Å². The lowest BCUT2D eigenvalue weighted by Crippen LogP contribution is -2.50. The fourth-order valence-corrected chi connectivity index (χ4v) is 3.08. The van der Waals surface area contributed by atoms with Gasteiger partial charge in [-0.25, -0.2) is 23.4 Å². The van der Waals surface area contributed by atoms with Crippen LogP contribution in [0.2, 0.25) is 0 Å². The van der Waals surface area contributed by atoms with E-state index in [0.29, 0.717) is 16.7 Å². The van der Waals surface area contributed by atoms with E-state index in [0.717, 1.165) is 4.68 Å². The molecule has 1 saturated heterocycles. The van der Waals surface area contributed by atoms with Crippen LogP contribution in [0.3, 0.4) is 0 Å². The smallest absolute Gasteiger partial charge is 0.316 e. The fraction of sp³-hybridized carbons (Fsp3) is 0.238. The molecular formula is C21H16F2N6O4. The molecule has 0 bridgehead atoms. The van der Waals surface area contributed by atoms with Crippen LogP contribution in [0.4, 0.5) is 8.78 Å². The average Bonchev–Trinajstić information content (AvgIpc) is 3.27. The van der Waals surface area contributed by atoms with Crippen molar-refractivity contribution in [1.29, 1.82) is 0 Å². The van der Waals surface area contributed by atoms with Gasteiger partial charge in [-0.2, -0.15) is 10.1 Å². The van der Waals surface area contributed by atoms with Gasteiger partial charge in [0.1, 0.15) is 19.0 Å². The van der Waals surface area contributed by atoms with Crippen molar-refractivity contribution in [3.8, 4) is 28.5 Å². The number of ether oxygens (including phenoxy) is 2. The lowest BCUT2D eigenvalue weighted by atomic mass is 10.1. The molecule has 0 radical (unpaired) electrons. The number of halogens is 2. The molecule has 4 aromatic rings. The van der Waals surface area contributed by atoms with Gasteiger partial charge in [0.25, 0.3) is 5.56 Å². The Balaban J connectivity index is 1.31. The lowest BCUT2D eigenvalue weighted by Gasteiger charge is -2.32. The Kier molecular flexibility index (Phi) is 5.34. The summed E-state index contributed by atoms with van der Waals surface area (Å²) in [7, 11) is 0. The largest absolute Gasteiger partial charge is 0.460 e. The molecule has 0 N–H and O–H groups in total. The second kappa shape index (κ2) is 8.47. The maximum absolute atomic E-state index is 13.9. The normalized spacial score (nSPS) is 14.6. The van der Waals surface area contributed by atoms with E-state index in [4.69, 9.17) is 14.0 Å². The van der Waals surface area contributed by atoms with Crippen LogP contribution in [0.1, 0.15) is 5.89 Å². The molecule has 0 aliphatic carbocycles. The van der Waals surface area contributed by atoms with Crippen LogP contribution in [0, 0.1) is 5.82 Å². The van der Waals surface area contributed by atoms with Crippen molar-refractivity contribution >= 4 is 0 Å². The Labute approximate surface area is 184 Å². The van der Waals surface area contributed by atoms with Gasteiger partial charge in [0.2, 0.25) is 11.7 Å². The van der Waals surface area contributed by atoms with Crippen LogP contribution in [-0.4, -0.2) is 55.4 Å². The molecule has 4 heterocycles. The highest BCUT2D eigenvalue weighted by Gasteiger charge is 2.40. The van der Waals surface area contributed by atoms with E-state index in [9.17, 15) is 13.6 Å². The van der Waals surface area contributed by atoms with Gasteiger partial charge < -0.3 is 14.0 Å². The zero-order valence-corrected chi connectivity index (χ0v) is 17.0. The summed E-state index contributed by atoms with van der Waals surface area (Å²) in [5.74, 6) is 0.0424. The van der Waals surface area contributed by atoms with Crippen LogP contribution >= 0.6 is 0 Å². The van der Waals surface area contributed by atoms with Crippen LogP contribution in [0.15, 0.2) is 58.2 Å². The Morgan fingerprint density at radius 2 is 1.85 bits per heavy atom. The van der Waals surface area contributed by atoms with Gasteiger partial charge in [0.05, 0.1) is 18.8 Å². The summed E-state index contributed by atoms with van der Waals surface area (Å²) in [5.41, 5.74) is -0.646.